The van der Waals surface area contributed by atoms with Gasteiger partial charge in [0.1, 0.15) is 25.4 Å². The third kappa shape index (κ3) is 14.1. The zero-order valence-corrected chi connectivity index (χ0v) is 26.9. The van der Waals surface area contributed by atoms with E-state index >= 15 is 0 Å². The summed E-state index contributed by atoms with van der Waals surface area (Å²) in [6.07, 6.45) is -16.2. The molecule has 1 aliphatic heterocycles. The predicted octanol–water partition coefficient (Wildman–Crippen LogP) is -0.988. The summed E-state index contributed by atoms with van der Waals surface area (Å²) in [5, 5.41) is 0. The lowest BCUT2D eigenvalue weighted by Crippen LogP contribution is -2.65. The molecule has 19 nitrogen and oxygen atoms in total. The topological polar surface area (TPSA) is 246 Å². The summed E-state index contributed by atoms with van der Waals surface area (Å²) in [4.78, 5) is 108. The highest BCUT2D eigenvalue weighted by atomic mass is 16.8. The summed E-state index contributed by atoms with van der Waals surface area (Å²) >= 11 is 0. The summed E-state index contributed by atoms with van der Waals surface area (Å²) in [5.74, 6) is -7.62. The Hall–Kier alpha value is -4.65. The molecule has 0 saturated carbocycles. The first-order valence-corrected chi connectivity index (χ1v) is 13.9. The van der Waals surface area contributed by atoms with Gasteiger partial charge in [0.25, 0.3) is 0 Å². The first-order valence-electron chi connectivity index (χ1n) is 13.9. The number of esters is 8. The largest absolute Gasteiger partial charge is 0.463 e. The molecule has 0 aromatic heterocycles. The first kappa shape index (κ1) is 40.4. The van der Waals surface area contributed by atoms with Crippen molar-refractivity contribution in [3.63, 3.8) is 0 Å². The molecular weight excluding hydrogens is 640 g/mol. The van der Waals surface area contributed by atoms with Crippen molar-refractivity contribution in [2.24, 2.45) is 0 Å². The highest BCUT2D eigenvalue weighted by Crippen LogP contribution is 2.32. The second-order valence-electron chi connectivity index (χ2n) is 9.90. The average Bonchev–Trinajstić information content (AvgIpc) is 2.92. The van der Waals surface area contributed by atoms with Gasteiger partial charge in [-0.2, -0.15) is 0 Å². The number of aldehydes is 1. The van der Waals surface area contributed by atoms with E-state index in [1.54, 1.807) is 0 Å². The number of hydrogen-bond donors (Lipinski definition) is 0. The van der Waals surface area contributed by atoms with Crippen molar-refractivity contribution in [3.05, 3.63) is 0 Å². The Bertz CT molecular complexity index is 1180. The van der Waals surface area contributed by atoms with Crippen LogP contribution >= 0.6 is 0 Å². The molecule has 264 valence electrons. The second kappa shape index (κ2) is 19.1. The molecule has 0 radical (unpaired) electrons. The third-order valence-electron chi connectivity index (χ3n) is 5.76. The monoisotopic (exact) mass is 678 g/mol. The van der Waals surface area contributed by atoms with Crippen molar-refractivity contribution in [3.8, 4) is 0 Å². The number of rotatable bonds is 16. The number of carbonyl (C=O) groups excluding carboxylic acids is 9. The van der Waals surface area contributed by atoms with Crippen LogP contribution in [0.2, 0.25) is 0 Å². The second-order valence-corrected chi connectivity index (χ2v) is 9.90. The highest BCUT2D eigenvalue weighted by Gasteiger charge is 2.55. The van der Waals surface area contributed by atoms with E-state index in [0.29, 0.717) is 0 Å². The fourth-order valence-electron chi connectivity index (χ4n) is 4.31. The van der Waals surface area contributed by atoms with Crippen molar-refractivity contribution in [1.82, 2.24) is 0 Å². The molecule has 0 aliphatic carbocycles. The normalized spacial score (nSPS) is 22.9. The summed E-state index contributed by atoms with van der Waals surface area (Å²) in [5.41, 5.74) is 0. The molecule has 0 N–H and O–H groups in total. The van der Waals surface area contributed by atoms with Gasteiger partial charge < -0.3 is 47.4 Å². The van der Waals surface area contributed by atoms with Gasteiger partial charge >= 0.3 is 47.8 Å². The van der Waals surface area contributed by atoms with Gasteiger partial charge in [-0.15, -0.1) is 0 Å². The van der Waals surface area contributed by atoms with Crippen molar-refractivity contribution in [2.75, 3.05) is 13.2 Å². The zero-order chi connectivity index (χ0) is 36.0. The minimum absolute atomic E-state index is 0.0647. The van der Waals surface area contributed by atoms with Crippen molar-refractivity contribution in [1.29, 1.82) is 0 Å². The lowest BCUT2D eigenvalue weighted by atomic mass is 9.97. The molecule has 1 aliphatic rings. The zero-order valence-electron chi connectivity index (χ0n) is 26.9. The van der Waals surface area contributed by atoms with Gasteiger partial charge in [0.15, 0.2) is 49.2 Å². The number of carbonyl (C=O) groups is 9. The van der Waals surface area contributed by atoms with Crippen LogP contribution in [-0.4, -0.2) is 122 Å². The summed E-state index contributed by atoms with van der Waals surface area (Å²) in [6, 6.07) is 0. The Labute approximate surface area is 268 Å². The van der Waals surface area contributed by atoms with Crippen LogP contribution in [0.25, 0.3) is 0 Å². The van der Waals surface area contributed by atoms with E-state index in [1.807, 2.05) is 0 Å². The van der Waals surface area contributed by atoms with E-state index in [0.717, 1.165) is 55.4 Å². The fraction of sp³-hybridized carbons (Fsp3) is 0.679. The highest BCUT2D eigenvalue weighted by molar-refractivity contribution is 5.72. The van der Waals surface area contributed by atoms with Crippen LogP contribution in [0.3, 0.4) is 0 Å². The Morgan fingerprint density at radius 1 is 0.574 bits per heavy atom. The maximum Gasteiger partial charge on any atom is 0.303 e. The fourth-order valence-corrected chi connectivity index (χ4v) is 4.31. The molecule has 0 aromatic carbocycles. The molecule has 1 heterocycles. The molecule has 1 fully saturated rings. The quantitative estimate of drug-likeness (QED) is 0.108. The minimum Gasteiger partial charge on any atom is -0.463 e. The average molecular weight is 679 g/mol. The van der Waals surface area contributed by atoms with E-state index in [-0.39, 0.29) is 6.29 Å². The maximum atomic E-state index is 12.3. The summed E-state index contributed by atoms with van der Waals surface area (Å²) in [7, 11) is 0. The Kier molecular flexibility index (Phi) is 16.4. The Morgan fingerprint density at radius 2 is 1.06 bits per heavy atom. The minimum atomic E-state index is -1.97. The number of hydrogen-bond acceptors (Lipinski definition) is 19. The molecule has 47 heavy (non-hydrogen) atoms. The smallest absolute Gasteiger partial charge is 0.303 e. The maximum absolute atomic E-state index is 12.3. The molecule has 0 bridgehead atoms. The van der Waals surface area contributed by atoms with Gasteiger partial charge in [-0.05, 0) is 0 Å². The van der Waals surface area contributed by atoms with Gasteiger partial charge in [0.05, 0.1) is 0 Å². The van der Waals surface area contributed by atoms with E-state index < -0.39 is 116 Å². The van der Waals surface area contributed by atoms with E-state index in [1.165, 1.54) is 0 Å². The predicted molar refractivity (Wildman–Crippen MR) is 146 cm³/mol. The van der Waals surface area contributed by atoms with Crippen molar-refractivity contribution in [2.45, 2.75) is 111 Å². The van der Waals surface area contributed by atoms with Gasteiger partial charge in [0, 0.05) is 55.4 Å². The van der Waals surface area contributed by atoms with E-state index in [9.17, 15) is 43.2 Å². The van der Waals surface area contributed by atoms with Crippen LogP contribution in [0.4, 0.5) is 0 Å². The molecule has 0 aromatic rings. The third-order valence-corrected chi connectivity index (χ3v) is 5.76. The van der Waals surface area contributed by atoms with Crippen LogP contribution < -0.4 is 0 Å². The standard InChI is InChI=1S/C28H38O19/c1-12(30)38-10-21(41-15(4)33)24(23(42-16(5)34)20(9-29)40-14(3)32)47-28-27(45-19(8)37)26(44-18(7)36)25(43-17(6)35)22(46-28)11-39-13(2)31/h9,20-28H,10-11H2,1-8H3/t20-,21-,22+,23-,24+,25+,26+,27+,28+/m1/s1. The lowest BCUT2D eigenvalue weighted by Gasteiger charge is -2.46. The van der Waals surface area contributed by atoms with Gasteiger partial charge in [-0.1, -0.05) is 0 Å². The SMILES string of the molecule is CC(=O)OC[C@@H]1O[C@@H](O[C@H]([C@H](OC(C)=O)[C@@H](C=O)OC(C)=O)[C@@H](COC(C)=O)OC(C)=O)[C@@H](OC(C)=O)[C@@H](OC(C)=O)[C@H]1OC(C)=O. The first-order chi connectivity index (χ1) is 21.9. The Balaban J connectivity index is 3.99. The van der Waals surface area contributed by atoms with E-state index in [4.69, 9.17) is 47.4 Å². The van der Waals surface area contributed by atoms with Crippen LogP contribution in [0.15, 0.2) is 0 Å². The molecule has 9 atom stereocenters. The molecule has 19 heteroatoms. The van der Waals surface area contributed by atoms with Gasteiger partial charge in [0.2, 0.25) is 0 Å². The lowest BCUT2D eigenvalue weighted by molar-refractivity contribution is -0.330. The molecule has 1 rings (SSSR count). The molecular formula is C28H38O19. The summed E-state index contributed by atoms with van der Waals surface area (Å²) < 4.78 is 53.5. The van der Waals surface area contributed by atoms with Crippen LogP contribution in [0.5, 0.6) is 0 Å². The molecule has 1 saturated heterocycles. The van der Waals surface area contributed by atoms with Crippen LogP contribution in [0, 0.1) is 0 Å². The van der Waals surface area contributed by atoms with Gasteiger partial charge in [-0.25, -0.2) is 0 Å². The molecule has 0 spiro atoms. The summed E-state index contributed by atoms with van der Waals surface area (Å²) in [6.45, 7) is 6.35. The molecule has 0 unspecified atom stereocenters. The van der Waals surface area contributed by atoms with Crippen LogP contribution in [-0.2, 0) is 90.5 Å². The Morgan fingerprint density at radius 3 is 1.51 bits per heavy atom. The molecule has 0 amide bonds. The van der Waals surface area contributed by atoms with Crippen molar-refractivity contribution < 1.29 is 90.5 Å². The van der Waals surface area contributed by atoms with Crippen molar-refractivity contribution >= 4 is 54.0 Å². The number of ether oxygens (including phenoxy) is 10. The van der Waals surface area contributed by atoms with Crippen LogP contribution in [0.1, 0.15) is 55.4 Å². The van der Waals surface area contributed by atoms with E-state index in [2.05, 4.69) is 0 Å². The van der Waals surface area contributed by atoms with Gasteiger partial charge in [-0.3, -0.25) is 43.2 Å².